The van der Waals surface area contributed by atoms with E-state index >= 15 is 0 Å². The Balaban J connectivity index is 2.02. The fourth-order valence-corrected chi connectivity index (χ4v) is 3.84. The third-order valence-electron chi connectivity index (χ3n) is 5.18. The number of carbonyl (C=O) groups excluding carboxylic acids is 1. The molecule has 0 unspecified atom stereocenters. The monoisotopic (exact) mass is 417 g/mol. The van der Waals surface area contributed by atoms with E-state index in [9.17, 15) is 10.1 Å². The van der Waals surface area contributed by atoms with Crippen molar-refractivity contribution in [2.75, 3.05) is 5.32 Å². The Morgan fingerprint density at radius 3 is 2.57 bits per heavy atom. The Morgan fingerprint density at radius 2 is 1.90 bits per heavy atom. The minimum absolute atomic E-state index is 0.0238. The van der Waals surface area contributed by atoms with E-state index in [1.54, 1.807) is 30.3 Å². The number of aromatic nitrogens is 1. The zero-order valence-corrected chi connectivity index (χ0v) is 18.3. The van der Waals surface area contributed by atoms with Gasteiger partial charge in [0.2, 0.25) is 0 Å². The Kier molecular flexibility index (Phi) is 6.44. The van der Waals surface area contributed by atoms with Crippen LogP contribution in [-0.4, -0.2) is 10.5 Å². The number of hydrogen-bond acceptors (Lipinski definition) is 2. The number of nitriles is 1. The van der Waals surface area contributed by atoms with Gasteiger partial charge in [-0.1, -0.05) is 48.9 Å². The third-order valence-corrected chi connectivity index (χ3v) is 5.51. The van der Waals surface area contributed by atoms with Crippen molar-refractivity contribution in [3.8, 4) is 11.8 Å². The van der Waals surface area contributed by atoms with Crippen molar-refractivity contribution < 1.29 is 4.79 Å². The molecule has 0 aliphatic rings. The molecular weight excluding hydrogens is 394 g/mol. The lowest BCUT2D eigenvalue weighted by atomic mass is 10.1. The van der Waals surface area contributed by atoms with E-state index in [4.69, 9.17) is 11.6 Å². The van der Waals surface area contributed by atoms with Crippen molar-refractivity contribution in [3.05, 3.63) is 87.2 Å². The number of nitrogens with one attached hydrogen (secondary N) is 1. The Labute approximate surface area is 182 Å². The zero-order valence-electron chi connectivity index (χ0n) is 17.6. The van der Waals surface area contributed by atoms with Gasteiger partial charge in [0, 0.05) is 11.4 Å². The van der Waals surface area contributed by atoms with Crippen molar-refractivity contribution in [2.45, 2.75) is 34.1 Å². The van der Waals surface area contributed by atoms with E-state index in [0.29, 0.717) is 10.7 Å². The SMILES string of the molecule is CCc1cccc(C)c1-n1c(C)cc(/C=C(\C#N)C(=O)Nc2ccccc2Cl)c1C. The fraction of sp³-hybridized carbons (Fsp3) is 0.200. The summed E-state index contributed by atoms with van der Waals surface area (Å²) in [5.74, 6) is -0.486. The molecule has 1 aromatic heterocycles. The Hall–Kier alpha value is -3.29. The quantitative estimate of drug-likeness (QED) is 0.399. The van der Waals surface area contributed by atoms with Crippen LogP contribution in [0.5, 0.6) is 0 Å². The molecule has 0 spiro atoms. The van der Waals surface area contributed by atoms with Gasteiger partial charge >= 0.3 is 0 Å². The summed E-state index contributed by atoms with van der Waals surface area (Å²) in [5.41, 5.74) is 6.96. The van der Waals surface area contributed by atoms with Gasteiger partial charge in [0.1, 0.15) is 11.6 Å². The summed E-state index contributed by atoms with van der Waals surface area (Å²) in [5, 5.41) is 12.7. The molecule has 5 heteroatoms. The van der Waals surface area contributed by atoms with Crippen LogP contribution in [-0.2, 0) is 11.2 Å². The van der Waals surface area contributed by atoms with Crippen molar-refractivity contribution in [2.24, 2.45) is 0 Å². The molecule has 1 N–H and O–H groups in total. The number of amides is 1. The van der Waals surface area contributed by atoms with Gasteiger partial charge in [-0.2, -0.15) is 5.26 Å². The smallest absolute Gasteiger partial charge is 0.266 e. The minimum Gasteiger partial charge on any atom is -0.320 e. The average molecular weight is 418 g/mol. The van der Waals surface area contributed by atoms with Gasteiger partial charge in [-0.3, -0.25) is 4.79 Å². The molecule has 3 rings (SSSR count). The number of aryl methyl sites for hydroxylation is 3. The summed E-state index contributed by atoms with van der Waals surface area (Å²) < 4.78 is 2.20. The largest absolute Gasteiger partial charge is 0.320 e. The maximum absolute atomic E-state index is 12.7. The fourth-order valence-electron chi connectivity index (χ4n) is 3.66. The maximum Gasteiger partial charge on any atom is 0.266 e. The van der Waals surface area contributed by atoms with Gasteiger partial charge < -0.3 is 9.88 Å². The van der Waals surface area contributed by atoms with E-state index in [0.717, 1.165) is 29.1 Å². The predicted octanol–water partition coefficient (Wildman–Crippen LogP) is 6.16. The van der Waals surface area contributed by atoms with Gasteiger partial charge in [-0.15, -0.1) is 0 Å². The molecule has 152 valence electrons. The highest BCUT2D eigenvalue weighted by Gasteiger charge is 2.17. The van der Waals surface area contributed by atoms with Crippen LogP contribution < -0.4 is 5.32 Å². The topological polar surface area (TPSA) is 57.8 Å². The highest BCUT2D eigenvalue weighted by atomic mass is 35.5. The van der Waals surface area contributed by atoms with Crippen LogP contribution in [0.3, 0.4) is 0 Å². The number of rotatable bonds is 5. The molecule has 0 aliphatic heterocycles. The number of hydrogen-bond donors (Lipinski definition) is 1. The Morgan fingerprint density at radius 1 is 1.17 bits per heavy atom. The molecule has 1 amide bonds. The lowest BCUT2D eigenvalue weighted by Crippen LogP contribution is -2.13. The second-order valence-electron chi connectivity index (χ2n) is 7.20. The first-order valence-corrected chi connectivity index (χ1v) is 10.2. The van der Waals surface area contributed by atoms with Crippen molar-refractivity contribution in [3.63, 3.8) is 0 Å². The van der Waals surface area contributed by atoms with E-state index < -0.39 is 5.91 Å². The molecule has 0 atom stereocenters. The van der Waals surface area contributed by atoms with Crippen LogP contribution >= 0.6 is 11.6 Å². The molecule has 4 nitrogen and oxygen atoms in total. The normalized spacial score (nSPS) is 11.3. The lowest BCUT2D eigenvalue weighted by molar-refractivity contribution is -0.112. The number of benzene rings is 2. The molecule has 1 heterocycles. The number of para-hydroxylation sites is 2. The van der Waals surface area contributed by atoms with E-state index in [1.807, 2.05) is 26.0 Å². The summed E-state index contributed by atoms with van der Waals surface area (Å²) in [4.78, 5) is 12.7. The minimum atomic E-state index is -0.486. The summed E-state index contributed by atoms with van der Waals surface area (Å²) in [6, 6.07) is 17.3. The molecule has 0 fully saturated rings. The first kappa shape index (κ1) is 21.4. The van der Waals surface area contributed by atoms with Crippen LogP contribution in [0.2, 0.25) is 5.02 Å². The van der Waals surface area contributed by atoms with Gasteiger partial charge in [0.05, 0.1) is 16.4 Å². The Bertz CT molecular complexity index is 1180. The highest BCUT2D eigenvalue weighted by Crippen LogP contribution is 2.28. The van der Waals surface area contributed by atoms with Crippen molar-refractivity contribution in [1.29, 1.82) is 5.26 Å². The van der Waals surface area contributed by atoms with Crippen LogP contribution in [0, 0.1) is 32.1 Å². The summed E-state index contributed by atoms with van der Waals surface area (Å²) in [7, 11) is 0. The highest BCUT2D eigenvalue weighted by molar-refractivity contribution is 6.34. The van der Waals surface area contributed by atoms with E-state index in [2.05, 4.69) is 41.9 Å². The van der Waals surface area contributed by atoms with Crippen molar-refractivity contribution >= 4 is 29.3 Å². The number of nitrogens with zero attached hydrogens (tertiary/aromatic N) is 2. The molecule has 3 aromatic rings. The summed E-state index contributed by atoms with van der Waals surface area (Å²) >= 11 is 6.12. The van der Waals surface area contributed by atoms with E-state index in [-0.39, 0.29) is 5.57 Å². The second-order valence-corrected chi connectivity index (χ2v) is 7.61. The molecule has 0 aliphatic carbocycles. The summed E-state index contributed by atoms with van der Waals surface area (Å²) in [6.45, 7) is 8.28. The van der Waals surface area contributed by atoms with Gasteiger partial charge in [0.15, 0.2) is 0 Å². The van der Waals surface area contributed by atoms with Crippen LogP contribution in [0.15, 0.2) is 54.1 Å². The number of carbonyl (C=O) groups is 1. The van der Waals surface area contributed by atoms with E-state index in [1.165, 1.54) is 11.1 Å². The van der Waals surface area contributed by atoms with Gasteiger partial charge in [-0.05, 0) is 68.2 Å². The molecule has 0 bridgehead atoms. The maximum atomic E-state index is 12.7. The summed E-state index contributed by atoms with van der Waals surface area (Å²) in [6.07, 6.45) is 2.55. The molecule has 2 aromatic carbocycles. The first-order valence-electron chi connectivity index (χ1n) is 9.82. The first-order chi connectivity index (χ1) is 14.4. The van der Waals surface area contributed by atoms with Crippen LogP contribution in [0.1, 0.15) is 35.0 Å². The second kappa shape index (κ2) is 9.02. The van der Waals surface area contributed by atoms with Crippen molar-refractivity contribution in [1.82, 2.24) is 4.57 Å². The van der Waals surface area contributed by atoms with Gasteiger partial charge in [-0.25, -0.2) is 0 Å². The molecular formula is C25H24ClN3O. The standard InChI is InChI=1S/C25H24ClN3O/c1-5-19-10-8-9-16(2)24(19)29-17(3)13-20(18(29)4)14-21(15-27)25(30)28-23-12-7-6-11-22(23)26/h6-14H,5H2,1-4H3,(H,28,30)/b21-14+. The molecule has 0 radical (unpaired) electrons. The number of anilines is 1. The lowest BCUT2D eigenvalue weighted by Gasteiger charge is -2.17. The third kappa shape index (κ3) is 4.17. The number of halogens is 1. The molecule has 30 heavy (non-hydrogen) atoms. The average Bonchev–Trinajstić information content (AvgIpc) is 3.00. The van der Waals surface area contributed by atoms with Crippen LogP contribution in [0.25, 0.3) is 11.8 Å². The van der Waals surface area contributed by atoms with Gasteiger partial charge in [0.25, 0.3) is 5.91 Å². The van der Waals surface area contributed by atoms with Crippen LogP contribution in [0.4, 0.5) is 5.69 Å². The molecule has 0 saturated carbocycles. The predicted molar refractivity (Wildman–Crippen MR) is 123 cm³/mol. The molecule has 0 saturated heterocycles. The zero-order chi connectivity index (χ0) is 21.8.